The number of hydrazone groups is 1. The van der Waals surface area contributed by atoms with E-state index in [1.165, 1.54) is 0 Å². The van der Waals surface area contributed by atoms with Crippen LogP contribution in [0.1, 0.15) is 10.4 Å². The van der Waals surface area contributed by atoms with Crippen molar-refractivity contribution in [3.8, 4) is 0 Å². The molecule has 62 valence electrons. The molecule has 2 N–H and O–H groups in total. The Kier molecular flexibility index (Phi) is 2.82. The fourth-order valence-corrected chi connectivity index (χ4v) is 0.882. The molecule has 0 aliphatic rings. The molecule has 0 aliphatic carbocycles. The van der Waals surface area contributed by atoms with Gasteiger partial charge in [-0.1, -0.05) is 11.6 Å². The molecule has 4 heteroatoms. The van der Waals surface area contributed by atoms with Gasteiger partial charge in [-0.05, 0) is 24.3 Å². The maximum Gasteiger partial charge on any atom is 0.205 e. The van der Waals surface area contributed by atoms with E-state index in [4.69, 9.17) is 17.4 Å². The Morgan fingerprint density at radius 3 is 2.50 bits per heavy atom. The number of ketones is 1. The Labute approximate surface area is 74.8 Å². The summed E-state index contributed by atoms with van der Waals surface area (Å²) >= 11 is 5.62. The van der Waals surface area contributed by atoms with Gasteiger partial charge >= 0.3 is 0 Å². The lowest BCUT2D eigenvalue weighted by atomic mass is 10.1. The van der Waals surface area contributed by atoms with Gasteiger partial charge in [0.15, 0.2) is 0 Å². The number of carbonyl (C=O) groups is 1. The van der Waals surface area contributed by atoms with E-state index in [9.17, 15) is 4.79 Å². The van der Waals surface area contributed by atoms with E-state index in [2.05, 4.69) is 5.10 Å². The van der Waals surface area contributed by atoms with Gasteiger partial charge in [-0.15, -0.1) is 0 Å². The van der Waals surface area contributed by atoms with Crippen LogP contribution in [0, 0.1) is 0 Å². The van der Waals surface area contributed by atoms with Gasteiger partial charge in [0, 0.05) is 10.6 Å². The molecule has 1 rings (SSSR count). The Morgan fingerprint density at radius 1 is 1.42 bits per heavy atom. The average Bonchev–Trinajstić information content (AvgIpc) is 2.06. The third-order valence-corrected chi connectivity index (χ3v) is 1.57. The fourth-order valence-electron chi connectivity index (χ4n) is 0.756. The van der Waals surface area contributed by atoms with Gasteiger partial charge in [0.05, 0.1) is 6.21 Å². The second kappa shape index (κ2) is 3.88. The van der Waals surface area contributed by atoms with Gasteiger partial charge in [-0.2, -0.15) is 5.10 Å². The minimum Gasteiger partial charge on any atom is -0.323 e. The van der Waals surface area contributed by atoms with E-state index in [0.717, 1.165) is 6.21 Å². The Hall–Kier alpha value is -1.35. The number of hydrogen-bond acceptors (Lipinski definition) is 3. The largest absolute Gasteiger partial charge is 0.323 e. The molecule has 0 amide bonds. The summed E-state index contributed by atoms with van der Waals surface area (Å²) in [6.45, 7) is 0. The Bertz CT molecular complexity index is 305. The van der Waals surface area contributed by atoms with E-state index < -0.39 is 0 Å². The highest BCUT2D eigenvalue weighted by atomic mass is 35.5. The normalized spacial score (nSPS) is 10.4. The van der Waals surface area contributed by atoms with Crippen LogP contribution in [0.2, 0.25) is 5.02 Å². The van der Waals surface area contributed by atoms with Crippen LogP contribution in [-0.2, 0) is 0 Å². The summed E-state index contributed by atoms with van der Waals surface area (Å²) < 4.78 is 0. The second-order valence-corrected chi connectivity index (χ2v) is 2.59. The van der Waals surface area contributed by atoms with Gasteiger partial charge in [0.25, 0.3) is 0 Å². The topological polar surface area (TPSA) is 55.4 Å². The molecule has 0 fully saturated rings. The standard InChI is InChI=1S/C8H7ClN2O/c9-7-3-1-6(2-4-7)8(12)5-11-10/h1-5H,10H2/b11-5+. The molecule has 0 bridgehead atoms. The minimum atomic E-state index is -0.228. The molecule has 0 unspecified atom stereocenters. The van der Waals surface area contributed by atoms with Crippen molar-refractivity contribution in [1.29, 1.82) is 0 Å². The molecule has 3 nitrogen and oxygen atoms in total. The molecule has 12 heavy (non-hydrogen) atoms. The third-order valence-electron chi connectivity index (χ3n) is 1.32. The Morgan fingerprint density at radius 2 is 2.00 bits per heavy atom. The van der Waals surface area contributed by atoms with E-state index in [1.54, 1.807) is 24.3 Å². The molecule has 1 aromatic carbocycles. The van der Waals surface area contributed by atoms with Gasteiger partial charge in [-0.3, -0.25) is 4.79 Å². The van der Waals surface area contributed by atoms with Crippen molar-refractivity contribution in [2.75, 3.05) is 0 Å². The highest BCUT2D eigenvalue weighted by Crippen LogP contribution is 2.09. The molecule has 0 saturated carbocycles. The summed E-state index contributed by atoms with van der Waals surface area (Å²) in [5.74, 6) is 4.59. The van der Waals surface area contributed by atoms with Crippen LogP contribution in [-0.4, -0.2) is 12.0 Å². The van der Waals surface area contributed by atoms with Crippen LogP contribution < -0.4 is 5.84 Å². The zero-order valence-electron chi connectivity index (χ0n) is 6.20. The summed E-state index contributed by atoms with van der Waals surface area (Å²) in [6, 6.07) is 6.51. The molecule has 0 radical (unpaired) electrons. The maximum absolute atomic E-state index is 11.1. The molecule has 0 aliphatic heterocycles. The molecule has 1 aromatic rings. The lowest BCUT2D eigenvalue weighted by Crippen LogP contribution is -2.01. The van der Waals surface area contributed by atoms with Crippen LogP contribution in [0.5, 0.6) is 0 Å². The van der Waals surface area contributed by atoms with Crippen molar-refractivity contribution < 1.29 is 4.79 Å². The molecule has 0 aromatic heterocycles. The quantitative estimate of drug-likeness (QED) is 0.326. The first kappa shape index (κ1) is 8.74. The van der Waals surface area contributed by atoms with Gasteiger partial charge in [0.1, 0.15) is 0 Å². The SMILES string of the molecule is N/N=C/C(=O)c1ccc(Cl)cc1. The van der Waals surface area contributed by atoms with E-state index in [0.29, 0.717) is 10.6 Å². The third kappa shape index (κ3) is 2.07. The molecule has 0 heterocycles. The van der Waals surface area contributed by atoms with Gasteiger partial charge < -0.3 is 5.84 Å². The van der Waals surface area contributed by atoms with Crippen molar-refractivity contribution in [2.45, 2.75) is 0 Å². The minimum absolute atomic E-state index is 0.228. The van der Waals surface area contributed by atoms with E-state index in [-0.39, 0.29) is 5.78 Å². The van der Waals surface area contributed by atoms with Crippen molar-refractivity contribution in [1.82, 2.24) is 0 Å². The number of rotatable bonds is 2. The first-order chi connectivity index (χ1) is 5.74. The number of halogens is 1. The maximum atomic E-state index is 11.1. The summed E-state index contributed by atoms with van der Waals surface area (Å²) in [7, 11) is 0. The van der Waals surface area contributed by atoms with Crippen molar-refractivity contribution >= 4 is 23.6 Å². The number of benzene rings is 1. The highest BCUT2D eigenvalue weighted by Gasteiger charge is 2.00. The number of Topliss-reactive ketones (excluding diaryl/α,β-unsaturated/α-hetero) is 1. The van der Waals surface area contributed by atoms with Crippen LogP contribution in [0.15, 0.2) is 29.4 Å². The zero-order chi connectivity index (χ0) is 8.97. The number of nitrogens with zero attached hydrogens (tertiary/aromatic N) is 1. The van der Waals surface area contributed by atoms with E-state index >= 15 is 0 Å². The van der Waals surface area contributed by atoms with Crippen molar-refractivity contribution in [2.24, 2.45) is 10.9 Å². The lowest BCUT2D eigenvalue weighted by molar-refractivity contribution is 0.107. The van der Waals surface area contributed by atoms with Gasteiger partial charge in [0.2, 0.25) is 5.78 Å². The van der Waals surface area contributed by atoms with Crippen LogP contribution in [0.4, 0.5) is 0 Å². The predicted molar refractivity (Wildman–Crippen MR) is 48.5 cm³/mol. The molecule has 0 spiro atoms. The number of nitrogens with two attached hydrogens (primary N) is 1. The van der Waals surface area contributed by atoms with Crippen molar-refractivity contribution in [3.63, 3.8) is 0 Å². The smallest absolute Gasteiger partial charge is 0.205 e. The summed E-state index contributed by atoms with van der Waals surface area (Å²) in [5, 5.41) is 3.72. The first-order valence-electron chi connectivity index (χ1n) is 3.27. The monoisotopic (exact) mass is 182 g/mol. The van der Waals surface area contributed by atoms with Crippen LogP contribution >= 0.6 is 11.6 Å². The Balaban J connectivity index is 2.90. The molecule has 0 atom stereocenters. The molecule has 0 saturated heterocycles. The number of hydrogen-bond donors (Lipinski definition) is 1. The summed E-state index contributed by atoms with van der Waals surface area (Å²) in [4.78, 5) is 11.1. The van der Waals surface area contributed by atoms with Gasteiger partial charge in [-0.25, -0.2) is 0 Å². The number of carbonyl (C=O) groups excluding carboxylic acids is 1. The summed E-state index contributed by atoms with van der Waals surface area (Å²) in [6.07, 6.45) is 1.06. The highest BCUT2D eigenvalue weighted by molar-refractivity contribution is 6.35. The van der Waals surface area contributed by atoms with Crippen LogP contribution in [0.3, 0.4) is 0 Å². The average molecular weight is 183 g/mol. The fraction of sp³-hybridized carbons (Fsp3) is 0. The first-order valence-corrected chi connectivity index (χ1v) is 3.65. The van der Waals surface area contributed by atoms with Crippen molar-refractivity contribution in [3.05, 3.63) is 34.9 Å². The van der Waals surface area contributed by atoms with E-state index in [1.807, 2.05) is 0 Å². The molecular weight excluding hydrogens is 176 g/mol. The predicted octanol–water partition coefficient (Wildman–Crippen LogP) is 1.47. The second-order valence-electron chi connectivity index (χ2n) is 2.15. The molecular formula is C8H7ClN2O. The van der Waals surface area contributed by atoms with Crippen LogP contribution in [0.25, 0.3) is 0 Å². The zero-order valence-corrected chi connectivity index (χ0v) is 6.95. The summed E-state index contributed by atoms with van der Waals surface area (Å²) in [5.41, 5.74) is 0.522. The lowest BCUT2D eigenvalue weighted by Gasteiger charge is -1.93.